The van der Waals surface area contributed by atoms with Crippen LogP contribution in [-0.2, 0) is 14.8 Å². The van der Waals surface area contributed by atoms with Crippen LogP contribution >= 0.6 is 11.6 Å². The highest BCUT2D eigenvalue weighted by Gasteiger charge is 2.13. The first kappa shape index (κ1) is 15.4. The van der Waals surface area contributed by atoms with E-state index in [-0.39, 0.29) is 16.6 Å². The Kier molecular flexibility index (Phi) is 6.01. The number of rotatable bonds is 7. The van der Waals surface area contributed by atoms with Crippen LogP contribution in [0.15, 0.2) is 23.2 Å². The van der Waals surface area contributed by atoms with Crippen LogP contribution < -0.4 is 4.72 Å². The summed E-state index contributed by atoms with van der Waals surface area (Å²) in [6.07, 6.45) is 1.35. The van der Waals surface area contributed by atoms with Crippen LogP contribution in [-0.4, -0.2) is 33.2 Å². The van der Waals surface area contributed by atoms with Gasteiger partial charge in [-0.2, -0.15) is 0 Å². The molecule has 0 spiro atoms. The van der Waals surface area contributed by atoms with Gasteiger partial charge in [0.15, 0.2) is 0 Å². The van der Waals surface area contributed by atoms with Crippen LogP contribution in [0.1, 0.15) is 13.8 Å². The van der Waals surface area contributed by atoms with E-state index in [9.17, 15) is 8.42 Å². The van der Waals surface area contributed by atoms with Crippen LogP contribution in [0.5, 0.6) is 0 Å². The van der Waals surface area contributed by atoms with Gasteiger partial charge in [0, 0.05) is 19.3 Å². The fraction of sp³-hybridized carbons (Fsp3) is 0.545. The highest BCUT2D eigenvalue weighted by molar-refractivity contribution is 7.89. The Labute approximate surface area is 113 Å². The van der Waals surface area contributed by atoms with Crippen molar-refractivity contribution >= 4 is 21.6 Å². The van der Waals surface area contributed by atoms with Crippen molar-refractivity contribution in [2.75, 3.05) is 19.8 Å². The van der Waals surface area contributed by atoms with Gasteiger partial charge in [0.25, 0.3) is 0 Å². The van der Waals surface area contributed by atoms with Crippen molar-refractivity contribution in [3.63, 3.8) is 0 Å². The molecule has 1 aromatic heterocycles. The van der Waals surface area contributed by atoms with Gasteiger partial charge in [-0.25, -0.2) is 18.1 Å². The Morgan fingerprint density at radius 3 is 2.83 bits per heavy atom. The molecule has 0 aliphatic rings. The summed E-state index contributed by atoms with van der Waals surface area (Å²) in [7, 11) is -3.54. The SMILES string of the molecule is CC(C)COCCNS(=O)(=O)c1ccnc(Cl)c1. The maximum Gasteiger partial charge on any atom is 0.240 e. The van der Waals surface area contributed by atoms with Gasteiger partial charge in [-0.05, 0) is 18.1 Å². The lowest BCUT2D eigenvalue weighted by Crippen LogP contribution is -2.27. The third-order valence-corrected chi connectivity index (χ3v) is 3.66. The lowest BCUT2D eigenvalue weighted by molar-refractivity contribution is 0.114. The lowest BCUT2D eigenvalue weighted by atomic mass is 10.2. The Bertz CT molecular complexity index is 477. The fourth-order valence-corrected chi connectivity index (χ4v) is 2.47. The van der Waals surface area contributed by atoms with Crippen LogP contribution in [0.3, 0.4) is 0 Å². The maximum atomic E-state index is 11.8. The summed E-state index contributed by atoms with van der Waals surface area (Å²) in [6.45, 7) is 5.25. The van der Waals surface area contributed by atoms with Crippen molar-refractivity contribution in [1.82, 2.24) is 9.71 Å². The number of hydrogen-bond acceptors (Lipinski definition) is 4. The molecule has 0 radical (unpaired) electrons. The largest absolute Gasteiger partial charge is 0.380 e. The molecule has 0 aliphatic heterocycles. The summed E-state index contributed by atoms with van der Waals surface area (Å²) in [6, 6.07) is 2.70. The summed E-state index contributed by atoms with van der Waals surface area (Å²) < 4.78 is 31.4. The Morgan fingerprint density at radius 1 is 1.50 bits per heavy atom. The molecule has 1 heterocycles. The van der Waals surface area contributed by atoms with E-state index in [2.05, 4.69) is 9.71 Å². The van der Waals surface area contributed by atoms with E-state index in [4.69, 9.17) is 16.3 Å². The van der Waals surface area contributed by atoms with E-state index < -0.39 is 10.0 Å². The molecular formula is C11H17ClN2O3S. The third-order valence-electron chi connectivity index (χ3n) is 2.00. The smallest absolute Gasteiger partial charge is 0.240 e. The Balaban J connectivity index is 2.46. The summed E-state index contributed by atoms with van der Waals surface area (Å²) in [5.41, 5.74) is 0. The second-order valence-electron chi connectivity index (χ2n) is 4.18. The quantitative estimate of drug-likeness (QED) is 0.613. The Morgan fingerprint density at radius 2 is 2.22 bits per heavy atom. The van der Waals surface area contributed by atoms with E-state index >= 15 is 0 Å². The minimum absolute atomic E-state index is 0.103. The average molecular weight is 293 g/mol. The highest BCUT2D eigenvalue weighted by atomic mass is 35.5. The molecule has 0 saturated carbocycles. The molecule has 0 atom stereocenters. The number of ether oxygens (including phenoxy) is 1. The van der Waals surface area contributed by atoms with Gasteiger partial charge >= 0.3 is 0 Å². The molecule has 0 bridgehead atoms. The van der Waals surface area contributed by atoms with Crippen LogP contribution in [0.4, 0.5) is 0 Å². The molecule has 0 fully saturated rings. The van der Waals surface area contributed by atoms with Crippen molar-refractivity contribution in [2.24, 2.45) is 5.92 Å². The van der Waals surface area contributed by atoms with Crippen molar-refractivity contribution < 1.29 is 13.2 Å². The molecule has 0 aromatic carbocycles. The molecule has 1 N–H and O–H groups in total. The van der Waals surface area contributed by atoms with E-state index in [1.165, 1.54) is 18.3 Å². The lowest BCUT2D eigenvalue weighted by Gasteiger charge is -2.08. The minimum Gasteiger partial charge on any atom is -0.380 e. The number of halogens is 1. The van der Waals surface area contributed by atoms with Crippen LogP contribution in [0.2, 0.25) is 5.15 Å². The minimum atomic E-state index is -3.54. The van der Waals surface area contributed by atoms with Gasteiger partial charge in [0.05, 0.1) is 11.5 Å². The van der Waals surface area contributed by atoms with Crippen molar-refractivity contribution in [2.45, 2.75) is 18.7 Å². The molecular weight excluding hydrogens is 276 g/mol. The Hall–Kier alpha value is -0.690. The van der Waals surface area contributed by atoms with Crippen molar-refractivity contribution in [1.29, 1.82) is 0 Å². The van der Waals surface area contributed by atoms with Gasteiger partial charge in [-0.15, -0.1) is 0 Å². The summed E-state index contributed by atoms with van der Waals surface area (Å²) in [4.78, 5) is 3.83. The average Bonchev–Trinajstić information content (AvgIpc) is 2.28. The second kappa shape index (κ2) is 7.04. The number of hydrogen-bond donors (Lipinski definition) is 1. The predicted molar refractivity (Wildman–Crippen MR) is 70.1 cm³/mol. The molecule has 102 valence electrons. The topological polar surface area (TPSA) is 68.3 Å². The van der Waals surface area contributed by atoms with Gasteiger partial charge < -0.3 is 4.74 Å². The van der Waals surface area contributed by atoms with Crippen LogP contribution in [0.25, 0.3) is 0 Å². The highest BCUT2D eigenvalue weighted by Crippen LogP contribution is 2.12. The number of nitrogens with one attached hydrogen (secondary N) is 1. The number of aromatic nitrogens is 1. The van der Waals surface area contributed by atoms with Gasteiger partial charge in [-0.3, -0.25) is 0 Å². The molecule has 5 nitrogen and oxygen atoms in total. The molecule has 0 saturated heterocycles. The first-order valence-corrected chi connectivity index (χ1v) is 7.47. The summed E-state index contributed by atoms with van der Waals surface area (Å²) >= 11 is 5.64. The molecule has 18 heavy (non-hydrogen) atoms. The maximum absolute atomic E-state index is 11.8. The van der Waals surface area contributed by atoms with E-state index in [0.717, 1.165) is 0 Å². The van der Waals surface area contributed by atoms with E-state index in [1.54, 1.807) is 0 Å². The van der Waals surface area contributed by atoms with E-state index in [0.29, 0.717) is 19.1 Å². The molecule has 0 unspecified atom stereocenters. The predicted octanol–water partition coefficient (Wildman–Crippen LogP) is 1.69. The van der Waals surface area contributed by atoms with Crippen LogP contribution in [0, 0.1) is 5.92 Å². The molecule has 1 rings (SSSR count). The monoisotopic (exact) mass is 292 g/mol. The number of sulfonamides is 1. The van der Waals surface area contributed by atoms with Crippen molar-refractivity contribution in [3.05, 3.63) is 23.5 Å². The van der Waals surface area contributed by atoms with Crippen molar-refractivity contribution in [3.8, 4) is 0 Å². The first-order chi connectivity index (χ1) is 8.42. The fourth-order valence-electron chi connectivity index (χ4n) is 1.20. The molecule has 0 amide bonds. The standard InChI is InChI=1S/C11H17ClN2O3S/c1-9(2)8-17-6-5-14-18(15,16)10-3-4-13-11(12)7-10/h3-4,7,9,14H,5-6,8H2,1-2H3. The zero-order valence-corrected chi connectivity index (χ0v) is 12.0. The molecule has 7 heteroatoms. The molecule has 0 aliphatic carbocycles. The second-order valence-corrected chi connectivity index (χ2v) is 6.34. The number of nitrogens with zero attached hydrogens (tertiary/aromatic N) is 1. The summed E-state index contributed by atoms with van der Waals surface area (Å²) in [5.74, 6) is 0.431. The van der Waals surface area contributed by atoms with Gasteiger partial charge in [0.2, 0.25) is 10.0 Å². The number of pyridine rings is 1. The van der Waals surface area contributed by atoms with Gasteiger partial charge in [-0.1, -0.05) is 25.4 Å². The third kappa shape index (κ3) is 5.30. The van der Waals surface area contributed by atoms with E-state index in [1.807, 2.05) is 13.8 Å². The first-order valence-electron chi connectivity index (χ1n) is 5.61. The zero-order chi connectivity index (χ0) is 13.6. The molecule has 1 aromatic rings. The normalized spacial score (nSPS) is 12.0. The van der Waals surface area contributed by atoms with Gasteiger partial charge in [0.1, 0.15) is 5.15 Å². The summed E-state index contributed by atoms with van der Waals surface area (Å²) in [5, 5.41) is 0.147. The zero-order valence-electron chi connectivity index (χ0n) is 10.4.